The average molecular weight is 249 g/mol. The molecule has 1 saturated heterocycles. The molecule has 1 heterocycles. The maximum absolute atomic E-state index is 12.0. The van der Waals surface area contributed by atoms with E-state index >= 15 is 0 Å². The van der Waals surface area contributed by atoms with Gasteiger partial charge in [-0.25, -0.2) is 0 Å². The highest BCUT2D eigenvalue weighted by Crippen LogP contribution is 2.19. The van der Waals surface area contributed by atoms with Crippen molar-refractivity contribution < 1.29 is 15.0 Å². The Bertz CT molecular complexity index is 402. The Morgan fingerprint density at radius 2 is 2.06 bits per heavy atom. The number of likely N-dealkylation sites (tertiary alicyclic amines) is 1. The van der Waals surface area contributed by atoms with E-state index in [9.17, 15) is 15.0 Å². The summed E-state index contributed by atoms with van der Waals surface area (Å²) < 4.78 is 0. The molecule has 2 N–H and O–H groups in total. The Labute approximate surface area is 107 Å². The summed E-state index contributed by atoms with van der Waals surface area (Å²) in [5, 5.41) is 18.3. The van der Waals surface area contributed by atoms with Crippen LogP contribution < -0.4 is 0 Å². The third-order valence-corrected chi connectivity index (χ3v) is 3.47. The monoisotopic (exact) mass is 249 g/mol. The van der Waals surface area contributed by atoms with Gasteiger partial charge in [0.2, 0.25) is 5.91 Å². The zero-order valence-electron chi connectivity index (χ0n) is 10.4. The van der Waals surface area contributed by atoms with Gasteiger partial charge in [0.15, 0.2) is 0 Å². The fourth-order valence-corrected chi connectivity index (χ4v) is 2.41. The van der Waals surface area contributed by atoms with Crippen molar-refractivity contribution in [3.8, 4) is 5.75 Å². The molecule has 0 spiro atoms. The number of aromatic hydroxyl groups is 1. The molecule has 1 aliphatic heterocycles. The molecule has 0 aromatic heterocycles. The first-order chi connectivity index (χ1) is 8.70. The summed E-state index contributed by atoms with van der Waals surface area (Å²) in [7, 11) is 0. The fraction of sp³-hybridized carbons (Fsp3) is 0.500. The highest BCUT2D eigenvalue weighted by Gasteiger charge is 2.27. The Hall–Kier alpha value is -1.55. The van der Waals surface area contributed by atoms with E-state index in [0.29, 0.717) is 12.8 Å². The first-order valence-electron chi connectivity index (χ1n) is 6.39. The van der Waals surface area contributed by atoms with Crippen molar-refractivity contribution in [2.45, 2.75) is 31.7 Å². The molecule has 0 bridgehead atoms. The van der Waals surface area contributed by atoms with E-state index < -0.39 is 0 Å². The van der Waals surface area contributed by atoms with Crippen LogP contribution in [0.5, 0.6) is 5.75 Å². The molecule has 0 aliphatic carbocycles. The highest BCUT2D eigenvalue weighted by molar-refractivity contribution is 5.77. The number of aliphatic hydroxyl groups is 1. The van der Waals surface area contributed by atoms with Crippen LogP contribution in [0.25, 0.3) is 0 Å². The molecule has 0 saturated carbocycles. The number of carbonyl (C=O) groups is 1. The summed E-state index contributed by atoms with van der Waals surface area (Å²) in [5.74, 6) is 0.351. The molecule has 4 heteroatoms. The molecule has 1 fully saturated rings. The second kappa shape index (κ2) is 5.87. The van der Waals surface area contributed by atoms with Gasteiger partial charge >= 0.3 is 0 Å². The minimum absolute atomic E-state index is 0.0114. The molecule has 18 heavy (non-hydrogen) atoms. The number of nitrogens with zero attached hydrogens (tertiary/aromatic N) is 1. The van der Waals surface area contributed by atoms with Gasteiger partial charge in [-0.3, -0.25) is 4.79 Å². The number of benzene rings is 1. The standard InChI is InChI=1S/C14H19NO3/c16-10-12-2-1-9-15(12)14(18)8-5-11-3-6-13(17)7-4-11/h3-4,6-7,12,16-17H,1-2,5,8-10H2. The number of aliphatic hydroxyl groups excluding tert-OH is 1. The Balaban J connectivity index is 1.86. The lowest BCUT2D eigenvalue weighted by Crippen LogP contribution is -2.37. The summed E-state index contributed by atoms with van der Waals surface area (Å²) in [6.45, 7) is 0.824. The summed E-state index contributed by atoms with van der Waals surface area (Å²) in [5.41, 5.74) is 1.04. The number of phenolic OH excluding ortho intramolecular Hbond substituents is 1. The van der Waals surface area contributed by atoms with Gasteiger partial charge in [-0.1, -0.05) is 12.1 Å². The molecule has 1 amide bonds. The topological polar surface area (TPSA) is 60.8 Å². The number of carbonyl (C=O) groups excluding carboxylic acids is 1. The number of hydrogen-bond donors (Lipinski definition) is 2. The smallest absolute Gasteiger partial charge is 0.223 e. The van der Waals surface area contributed by atoms with E-state index in [0.717, 1.165) is 24.9 Å². The minimum atomic E-state index is 0.0114. The number of aryl methyl sites for hydroxylation is 1. The Kier molecular flexibility index (Phi) is 4.20. The molecule has 4 nitrogen and oxygen atoms in total. The molecule has 0 radical (unpaired) electrons. The van der Waals surface area contributed by atoms with Crippen LogP contribution in [-0.4, -0.2) is 40.2 Å². The molecular formula is C14H19NO3. The third kappa shape index (κ3) is 3.01. The van der Waals surface area contributed by atoms with Gasteiger partial charge < -0.3 is 15.1 Å². The average Bonchev–Trinajstić information content (AvgIpc) is 2.86. The van der Waals surface area contributed by atoms with Crippen molar-refractivity contribution in [1.29, 1.82) is 0 Å². The minimum Gasteiger partial charge on any atom is -0.508 e. The normalized spacial score (nSPS) is 19.2. The number of hydrogen-bond acceptors (Lipinski definition) is 3. The van der Waals surface area contributed by atoms with E-state index in [2.05, 4.69) is 0 Å². The van der Waals surface area contributed by atoms with Gasteiger partial charge in [0.05, 0.1) is 12.6 Å². The molecule has 1 aliphatic rings. The lowest BCUT2D eigenvalue weighted by Gasteiger charge is -2.23. The lowest BCUT2D eigenvalue weighted by atomic mass is 10.1. The zero-order chi connectivity index (χ0) is 13.0. The Morgan fingerprint density at radius 3 is 2.72 bits per heavy atom. The van der Waals surface area contributed by atoms with Crippen LogP contribution in [0, 0.1) is 0 Å². The molecule has 1 atom stereocenters. The van der Waals surface area contributed by atoms with Crippen LogP contribution in [0.2, 0.25) is 0 Å². The van der Waals surface area contributed by atoms with Crippen molar-refractivity contribution >= 4 is 5.91 Å². The molecule has 1 aromatic carbocycles. The van der Waals surface area contributed by atoms with Gasteiger partial charge in [0.25, 0.3) is 0 Å². The molecule has 98 valence electrons. The van der Waals surface area contributed by atoms with Gasteiger partial charge in [-0.2, -0.15) is 0 Å². The number of phenols is 1. The van der Waals surface area contributed by atoms with Crippen LogP contribution in [0.1, 0.15) is 24.8 Å². The summed E-state index contributed by atoms with van der Waals surface area (Å²) in [6.07, 6.45) is 3.02. The van der Waals surface area contributed by atoms with E-state index in [1.807, 2.05) is 12.1 Å². The predicted octanol–water partition coefficient (Wildman–Crippen LogP) is 1.31. The third-order valence-electron chi connectivity index (χ3n) is 3.47. The molecule has 1 unspecified atom stereocenters. The summed E-state index contributed by atoms with van der Waals surface area (Å²) in [6, 6.07) is 6.93. The van der Waals surface area contributed by atoms with Gasteiger partial charge in [-0.15, -0.1) is 0 Å². The first-order valence-corrected chi connectivity index (χ1v) is 6.39. The fourth-order valence-electron chi connectivity index (χ4n) is 2.41. The first kappa shape index (κ1) is 12.9. The van der Waals surface area contributed by atoms with Crippen molar-refractivity contribution in [2.24, 2.45) is 0 Å². The molecule has 1 aromatic rings. The molecule has 2 rings (SSSR count). The highest BCUT2D eigenvalue weighted by atomic mass is 16.3. The van der Waals surface area contributed by atoms with Crippen LogP contribution in [0.4, 0.5) is 0 Å². The van der Waals surface area contributed by atoms with E-state index in [1.54, 1.807) is 17.0 Å². The van der Waals surface area contributed by atoms with Crippen LogP contribution >= 0.6 is 0 Å². The summed E-state index contributed by atoms with van der Waals surface area (Å²) in [4.78, 5) is 13.8. The van der Waals surface area contributed by atoms with E-state index in [-0.39, 0.29) is 24.3 Å². The van der Waals surface area contributed by atoms with Gasteiger partial charge in [0.1, 0.15) is 5.75 Å². The SMILES string of the molecule is O=C(CCc1ccc(O)cc1)N1CCCC1CO. The van der Waals surface area contributed by atoms with E-state index in [1.165, 1.54) is 0 Å². The quantitative estimate of drug-likeness (QED) is 0.845. The largest absolute Gasteiger partial charge is 0.508 e. The number of amides is 1. The predicted molar refractivity (Wildman–Crippen MR) is 68.2 cm³/mol. The second-order valence-electron chi connectivity index (χ2n) is 4.73. The van der Waals surface area contributed by atoms with Gasteiger partial charge in [0, 0.05) is 13.0 Å². The second-order valence-corrected chi connectivity index (χ2v) is 4.73. The Morgan fingerprint density at radius 1 is 1.33 bits per heavy atom. The zero-order valence-corrected chi connectivity index (χ0v) is 10.4. The van der Waals surface area contributed by atoms with Crippen LogP contribution in [0.3, 0.4) is 0 Å². The van der Waals surface area contributed by atoms with Crippen LogP contribution in [0.15, 0.2) is 24.3 Å². The maximum Gasteiger partial charge on any atom is 0.223 e. The maximum atomic E-state index is 12.0. The molecular weight excluding hydrogens is 230 g/mol. The van der Waals surface area contributed by atoms with Crippen molar-refractivity contribution in [3.63, 3.8) is 0 Å². The summed E-state index contributed by atoms with van der Waals surface area (Å²) >= 11 is 0. The number of rotatable bonds is 4. The van der Waals surface area contributed by atoms with Crippen molar-refractivity contribution in [3.05, 3.63) is 29.8 Å². The lowest BCUT2D eigenvalue weighted by molar-refractivity contribution is -0.132. The van der Waals surface area contributed by atoms with E-state index in [4.69, 9.17) is 0 Å². The van der Waals surface area contributed by atoms with Crippen LogP contribution in [-0.2, 0) is 11.2 Å². The van der Waals surface area contributed by atoms with Gasteiger partial charge in [-0.05, 0) is 37.0 Å². The van der Waals surface area contributed by atoms with Crippen molar-refractivity contribution in [2.75, 3.05) is 13.2 Å². The van der Waals surface area contributed by atoms with Crippen molar-refractivity contribution in [1.82, 2.24) is 4.90 Å².